The fourth-order valence-corrected chi connectivity index (χ4v) is 2.26. The molecule has 0 fully saturated rings. The lowest BCUT2D eigenvalue weighted by atomic mass is 10.0. The maximum Gasteiger partial charge on any atom is 0.339 e. The number of carboxylic acid groups (broad SMARTS) is 1. The third-order valence-electron chi connectivity index (χ3n) is 3.30. The quantitative estimate of drug-likeness (QED) is 0.776. The number of rotatable bonds is 4. The Morgan fingerprint density at radius 3 is 2.45 bits per heavy atom. The lowest BCUT2D eigenvalue weighted by Gasteiger charge is -2.02. The molecule has 6 heteroatoms. The normalized spacial score (nSPS) is 10.6. The van der Waals surface area contributed by atoms with Crippen LogP contribution in [0.15, 0.2) is 48.8 Å². The van der Waals surface area contributed by atoms with Crippen molar-refractivity contribution in [1.82, 2.24) is 15.2 Å². The Labute approximate surface area is 125 Å². The highest BCUT2D eigenvalue weighted by Gasteiger charge is 2.21. The number of carbonyl (C=O) groups is 1. The first-order chi connectivity index (χ1) is 10.6. The molecule has 0 saturated heterocycles. The van der Waals surface area contributed by atoms with E-state index in [0.717, 1.165) is 5.56 Å². The number of pyridine rings is 1. The van der Waals surface area contributed by atoms with Crippen molar-refractivity contribution in [1.29, 1.82) is 0 Å². The molecule has 0 radical (unpaired) electrons. The highest BCUT2D eigenvalue weighted by atomic mass is 19.1. The standard InChI is InChI=1S/C16H12FN3O2/c17-12-3-1-10(2-4-12)9-13-14(16(21)22)15(20-19-13)11-5-7-18-8-6-11/h1-8H,9H2,(H,19,20)(H,21,22). The number of benzene rings is 1. The first-order valence-electron chi connectivity index (χ1n) is 6.60. The van der Waals surface area contributed by atoms with Crippen LogP contribution < -0.4 is 0 Å². The van der Waals surface area contributed by atoms with Crippen molar-refractivity contribution in [3.8, 4) is 11.3 Å². The highest BCUT2D eigenvalue weighted by Crippen LogP contribution is 2.25. The van der Waals surface area contributed by atoms with Crippen molar-refractivity contribution in [2.24, 2.45) is 0 Å². The van der Waals surface area contributed by atoms with E-state index in [1.807, 2.05) is 0 Å². The van der Waals surface area contributed by atoms with Gasteiger partial charge in [-0.15, -0.1) is 0 Å². The summed E-state index contributed by atoms with van der Waals surface area (Å²) in [5, 5.41) is 16.4. The average molecular weight is 297 g/mol. The molecule has 0 spiro atoms. The predicted octanol–water partition coefficient (Wildman–Crippen LogP) is 2.90. The summed E-state index contributed by atoms with van der Waals surface area (Å²) in [5.74, 6) is -1.39. The minimum absolute atomic E-state index is 0.121. The van der Waals surface area contributed by atoms with E-state index >= 15 is 0 Å². The Bertz CT molecular complexity index is 798. The number of hydrogen-bond acceptors (Lipinski definition) is 3. The van der Waals surface area contributed by atoms with Gasteiger partial charge in [0, 0.05) is 24.4 Å². The van der Waals surface area contributed by atoms with Gasteiger partial charge >= 0.3 is 5.97 Å². The number of nitrogens with zero attached hydrogens (tertiary/aromatic N) is 2. The summed E-state index contributed by atoms with van der Waals surface area (Å²) >= 11 is 0. The van der Waals surface area contributed by atoms with Crippen LogP contribution in [0.1, 0.15) is 21.6 Å². The summed E-state index contributed by atoms with van der Waals surface area (Å²) in [6.45, 7) is 0. The van der Waals surface area contributed by atoms with E-state index in [1.165, 1.54) is 12.1 Å². The highest BCUT2D eigenvalue weighted by molar-refractivity contribution is 5.96. The van der Waals surface area contributed by atoms with E-state index in [0.29, 0.717) is 23.4 Å². The lowest BCUT2D eigenvalue weighted by molar-refractivity contribution is 0.0697. The van der Waals surface area contributed by atoms with Gasteiger partial charge in [0.1, 0.15) is 17.1 Å². The Balaban J connectivity index is 2.00. The molecule has 5 nitrogen and oxygen atoms in total. The van der Waals surface area contributed by atoms with E-state index in [1.54, 1.807) is 36.7 Å². The molecule has 3 aromatic rings. The Kier molecular flexibility index (Phi) is 3.65. The number of aromatic nitrogens is 3. The summed E-state index contributed by atoms with van der Waals surface area (Å²) in [7, 11) is 0. The Morgan fingerprint density at radius 2 is 1.82 bits per heavy atom. The minimum atomic E-state index is -1.06. The number of halogens is 1. The van der Waals surface area contributed by atoms with E-state index in [-0.39, 0.29) is 11.4 Å². The molecule has 1 aromatic carbocycles. The van der Waals surface area contributed by atoms with Crippen molar-refractivity contribution in [2.45, 2.75) is 6.42 Å². The second-order valence-corrected chi connectivity index (χ2v) is 4.77. The number of nitrogens with one attached hydrogen (secondary N) is 1. The van der Waals surface area contributed by atoms with Gasteiger partial charge in [0.15, 0.2) is 0 Å². The zero-order valence-corrected chi connectivity index (χ0v) is 11.5. The molecule has 0 amide bonds. The molecule has 0 aliphatic carbocycles. The van der Waals surface area contributed by atoms with Crippen LogP contribution in [0.4, 0.5) is 4.39 Å². The molecule has 110 valence electrons. The van der Waals surface area contributed by atoms with Gasteiger partial charge in [-0.25, -0.2) is 9.18 Å². The molecule has 2 aromatic heterocycles. The summed E-state index contributed by atoms with van der Waals surface area (Å²) in [6, 6.07) is 9.32. The van der Waals surface area contributed by atoms with Crippen molar-refractivity contribution < 1.29 is 14.3 Å². The third-order valence-corrected chi connectivity index (χ3v) is 3.30. The summed E-state index contributed by atoms with van der Waals surface area (Å²) in [5.41, 5.74) is 2.44. The van der Waals surface area contributed by atoms with E-state index in [9.17, 15) is 14.3 Å². The van der Waals surface area contributed by atoms with Crippen molar-refractivity contribution in [3.63, 3.8) is 0 Å². The number of carboxylic acids is 1. The van der Waals surface area contributed by atoms with Crippen molar-refractivity contribution >= 4 is 5.97 Å². The number of H-pyrrole nitrogens is 1. The van der Waals surface area contributed by atoms with Gasteiger partial charge in [-0.1, -0.05) is 12.1 Å². The van der Waals surface area contributed by atoms with E-state index in [2.05, 4.69) is 15.2 Å². The largest absolute Gasteiger partial charge is 0.478 e. The van der Waals surface area contributed by atoms with Crippen LogP contribution in [0.3, 0.4) is 0 Å². The molecule has 0 aliphatic heterocycles. The fraction of sp³-hybridized carbons (Fsp3) is 0.0625. The van der Waals surface area contributed by atoms with Crippen LogP contribution in [0, 0.1) is 5.82 Å². The molecule has 0 saturated carbocycles. The van der Waals surface area contributed by atoms with E-state index in [4.69, 9.17) is 0 Å². The molecule has 0 bridgehead atoms. The van der Waals surface area contributed by atoms with Gasteiger partial charge in [-0.05, 0) is 29.8 Å². The van der Waals surface area contributed by atoms with Gasteiger partial charge in [-0.2, -0.15) is 5.10 Å². The molecular formula is C16H12FN3O2. The van der Waals surface area contributed by atoms with Crippen molar-refractivity contribution in [2.75, 3.05) is 0 Å². The molecule has 0 atom stereocenters. The van der Waals surface area contributed by atoms with Gasteiger partial charge in [0.25, 0.3) is 0 Å². The Morgan fingerprint density at radius 1 is 1.14 bits per heavy atom. The minimum Gasteiger partial charge on any atom is -0.478 e. The first kappa shape index (κ1) is 13.9. The summed E-state index contributed by atoms with van der Waals surface area (Å²) < 4.78 is 12.9. The van der Waals surface area contributed by atoms with Gasteiger partial charge in [0.2, 0.25) is 0 Å². The average Bonchev–Trinajstić information content (AvgIpc) is 2.94. The van der Waals surface area contributed by atoms with Crippen LogP contribution in [0.25, 0.3) is 11.3 Å². The van der Waals surface area contributed by atoms with Crippen LogP contribution in [0.5, 0.6) is 0 Å². The molecule has 0 aliphatic rings. The van der Waals surface area contributed by atoms with Crippen LogP contribution in [-0.2, 0) is 6.42 Å². The number of aromatic amines is 1. The maximum atomic E-state index is 12.9. The smallest absolute Gasteiger partial charge is 0.339 e. The molecule has 2 N–H and O–H groups in total. The lowest BCUT2D eigenvalue weighted by Crippen LogP contribution is -2.03. The first-order valence-corrected chi connectivity index (χ1v) is 6.60. The second-order valence-electron chi connectivity index (χ2n) is 4.77. The zero-order valence-electron chi connectivity index (χ0n) is 11.5. The van der Waals surface area contributed by atoms with Crippen LogP contribution in [0.2, 0.25) is 0 Å². The molecular weight excluding hydrogens is 285 g/mol. The summed E-state index contributed by atoms with van der Waals surface area (Å²) in [4.78, 5) is 15.5. The molecule has 22 heavy (non-hydrogen) atoms. The van der Waals surface area contributed by atoms with Crippen LogP contribution in [-0.4, -0.2) is 26.3 Å². The van der Waals surface area contributed by atoms with Gasteiger partial charge in [-0.3, -0.25) is 10.1 Å². The predicted molar refractivity (Wildman–Crippen MR) is 78.0 cm³/mol. The topological polar surface area (TPSA) is 78.9 Å². The maximum absolute atomic E-state index is 12.9. The van der Waals surface area contributed by atoms with Crippen LogP contribution >= 0.6 is 0 Å². The van der Waals surface area contributed by atoms with Crippen molar-refractivity contribution in [3.05, 3.63) is 71.4 Å². The number of hydrogen-bond donors (Lipinski definition) is 2. The van der Waals surface area contributed by atoms with Gasteiger partial charge < -0.3 is 5.11 Å². The number of aromatic carboxylic acids is 1. The second kappa shape index (κ2) is 5.77. The zero-order chi connectivity index (χ0) is 15.5. The third kappa shape index (κ3) is 2.71. The van der Waals surface area contributed by atoms with E-state index < -0.39 is 5.97 Å². The SMILES string of the molecule is O=C(O)c1c(-c2ccncc2)n[nH]c1Cc1ccc(F)cc1. The summed E-state index contributed by atoms with van der Waals surface area (Å²) in [6.07, 6.45) is 3.49. The molecule has 3 rings (SSSR count). The van der Waals surface area contributed by atoms with Gasteiger partial charge in [0.05, 0.1) is 5.69 Å². The molecule has 0 unspecified atom stereocenters. The Hall–Kier alpha value is -3.02. The molecule has 2 heterocycles. The monoisotopic (exact) mass is 297 g/mol. The fourth-order valence-electron chi connectivity index (χ4n) is 2.26.